The highest BCUT2D eigenvalue weighted by atomic mass is 16.6. The van der Waals surface area contributed by atoms with Crippen molar-refractivity contribution in [1.29, 1.82) is 0 Å². The molecule has 2 N–H and O–H groups in total. The van der Waals surface area contributed by atoms with Crippen molar-refractivity contribution in [3.8, 4) is 0 Å². The van der Waals surface area contributed by atoms with E-state index in [1.165, 1.54) is 0 Å². The lowest BCUT2D eigenvalue weighted by Gasteiger charge is -2.36. The molecular formula is C28H47N3O4. The summed E-state index contributed by atoms with van der Waals surface area (Å²) in [6, 6.07) is 6.08. The maximum Gasteiger partial charge on any atom is 0.408 e. The van der Waals surface area contributed by atoms with Crippen molar-refractivity contribution in [3.63, 3.8) is 0 Å². The Labute approximate surface area is 212 Å². The van der Waals surface area contributed by atoms with Crippen molar-refractivity contribution in [2.45, 2.75) is 112 Å². The van der Waals surface area contributed by atoms with Crippen LogP contribution < -0.4 is 10.6 Å². The first kappa shape index (κ1) is 30.5. The summed E-state index contributed by atoms with van der Waals surface area (Å²) in [5, 5.41) is 5.86. The van der Waals surface area contributed by atoms with Crippen molar-refractivity contribution in [2.75, 3.05) is 6.54 Å². The van der Waals surface area contributed by atoms with E-state index in [-0.39, 0.29) is 23.8 Å². The topological polar surface area (TPSA) is 87.7 Å². The number of rotatable bonds is 12. The standard InChI is InChI=1S/C28H47N3O4/c1-10-12-18-31(26(33)23(19(3)4)30-27(34)35-28(7,8)9)24(22-16-14-20(5)15-17-22)25(32)29-21(6)13-11-2/h14-17,19,21,23-24H,10-13,18H2,1-9H3,(H,29,32)(H,30,34). The van der Waals surface area contributed by atoms with Gasteiger partial charge in [-0.05, 0) is 58.9 Å². The molecule has 35 heavy (non-hydrogen) atoms. The van der Waals surface area contributed by atoms with Gasteiger partial charge in [-0.1, -0.05) is 70.4 Å². The van der Waals surface area contributed by atoms with E-state index in [0.29, 0.717) is 6.54 Å². The number of nitrogens with one attached hydrogen (secondary N) is 2. The molecule has 0 bridgehead atoms. The third-order valence-corrected chi connectivity index (χ3v) is 5.70. The molecule has 1 rings (SSSR count). The fourth-order valence-corrected chi connectivity index (χ4v) is 3.87. The number of nitrogens with zero attached hydrogens (tertiary/aromatic N) is 1. The van der Waals surface area contributed by atoms with Crippen LogP contribution in [0.4, 0.5) is 4.79 Å². The molecule has 7 heteroatoms. The predicted octanol–water partition coefficient (Wildman–Crippen LogP) is 5.52. The Morgan fingerprint density at radius 1 is 0.971 bits per heavy atom. The second-order valence-corrected chi connectivity index (χ2v) is 10.8. The van der Waals surface area contributed by atoms with Crippen LogP contribution in [0.3, 0.4) is 0 Å². The van der Waals surface area contributed by atoms with Gasteiger partial charge in [-0.15, -0.1) is 0 Å². The number of ether oxygens (including phenoxy) is 1. The number of hydrogen-bond donors (Lipinski definition) is 2. The van der Waals surface area contributed by atoms with Crippen molar-refractivity contribution >= 4 is 17.9 Å². The Morgan fingerprint density at radius 2 is 1.57 bits per heavy atom. The Morgan fingerprint density at radius 3 is 2.06 bits per heavy atom. The van der Waals surface area contributed by atoms with Crippen molar-refractivity contribution in [3.05, 3.63) is 35.4 Å². The minimum atomic E-state index is -0.824. The van der Waals surface area contributed by atoms with Gasteiger partial charge >= 0.3 is 6.09 Å². The van der Waals surface area contributed by atoms with Crippen LogP contribution in [-0.2, 0) is 14.3 Å². The second kappa shape index (κ2) is 14.1. The summed E-state index contributed by atoms with van der Waals surface area (Å²) in [6.07, 6.45) is 2.76. The summed E-state index contributed by atoms with van der Waals surface area (Å²) >= 11 is 0. The zero-order chi connectivity index (χ0) is 26.8. The number of carbonyl (C=O) groups excluding carboxylic acids is 3. The van der Waals surface area contributed by atoms with E-state index in [0.717, 1.165) is 36.8 Å². The van der Waals surface area contributed by atoms with Crippen LogP contribution in [0.2, 0.25) is 0 Å². The molecule has 1 aromatic carbocycles. The maximum absolute atomic E-state index is 14.0. The summed E-state index contributed by atoms with van der Waals surface area (Å²) in [7, 11) is 0. The zero-order valence-electron chi connectivity index (χ0n) is 23.2. The van der Waals surface area contributed by atoms with E-state index < -0.39 is 23.8 Å². The number of benzene rings is 1. The minimum Gasteiger partial charge on any atom is -0.444 e. The largest absolute Gasteiger partial charge is 0.444 e. The van der Waals surface area contributed by atoms with E-state index in [1.807, 2.05) is 58.9 Å². The van der Waals surface area contributed by atoms with E-state index in [2.05, 4.69) is 17.6 Å². The number of unbranched alkanes of at least 4 members (excludes halogenated alkanes) is 1. The van der Waals surface area contributed by atoms with Gasteiger partial charge in [-0.2, -0.15) is 0 Å². The molecule has 0 spiro atoms. The summed E-state index contributed by atoms with van der Waals surface area (Å²) in [5.74, 6) is -0.693. The van der Waals surface area contributed by atoms with Gasteiger partial charge in [0.25, 0.3) is 0 Å². The highest BCUT2D eigenvalue weighted by Gasteiger charge is 2.37. The SMILES string of the molecule is CCCCN(C(=O)C(NC(=O)OC(C)(C)C)C(C)C)C(C(=O)NC(C)CCC)c1ccc(C)cc1. The molecule has 0 heterocycles. The Bertz CT molecular complexity index is 814. The summed E-state index contributed by atoms with van der Waals surface area (Å²) in [6.45, 7) is 17.6. The first-order valence-electron chi connectivity index (χ1n) is 13.0. The van der Waals surface area contributed by atoms with Gasteiger partial charge in [0.1, 0.15) is 17.7 Å². The third kappa shape index (κ3) is 10.3. The lowest BCUT2D eigenvalue weighted by atomic mass is 9.97. The molecule has 0 saturated heterocycles. The molecule has 0 aliphatic carbocycles. The molecule has 3 atom stereocenters. The molecular weight excluding hydrogens is 442 g/mol. The second-order valence-electron chi connectivity index (χ2n) is 10.8. The molecule has 3 amide bonds. The monoisotopic (exact) mass is 489 g/mol. The quantitative estimate of drug-likeness (QED) is 0.405. The summed E-state index contributed by atoms with van der Waals surface area (Å²) < 4.78 is 5.41. The van der Waals surface area contributed by atoms with E-state index in [4.69, 9.17) is 4.74 Å². The maximum atomic E-state index is 14.0. The Kier molecular flexibility index (Phi) is 12.3. The van der Waals surface area contributed by atoms with Gasteiger partial charge in [0.05, 0.1) is 0 Å². The van der Waals surface area contributed by atoms with E-state index in [9.17, 15) is 14.4 Å². The highest BCUT2D eigenvalue weighted by molar-refractivity contribution is 5.92. The van der Waals surface area contributed by atoms with Crippen LogP contribution in [0.25, 0.3) is 0 Å². The molecule has 3 unspecified atom stereocenters. The summed E-state index contributed by atoms with van der Waals surface area (Å²) in [4.78, 5) is 41.8. The number of hydrogen-bond acceptors (Lipinski definition) is 4. The van der Waals surface area contributed by atoms with Crippen LogP contribution in [0.15, 0.2) is 24.3 Å². The molecule has 198 valence electrons. The number of amides is 3. The normalized spacial score (nSPS) is 14.1. The van der Waals surface area contributed by atoms with Crippen LogP contribution in [0.5, 0.6) is 0 Å². The Balaban J connectivity index is 3.42. The smallest absolute Gasteiger partial charge is 0.408 e. The molecule has 0 aromatic heterocycles. The van der Waals surface area contributed by atoms with Crippen LogP contribution in [0, 0.1) is 12.8 Å². The van der Waals surface area contributed by atoms with Gasteiger partial charge in [0.2, 0.25) is 11.8 Å². The number of carbonyl (C=O) groups is 3. The molecule has 0 radical (unpaired) electrons. The first-order chi connectivity index (χ1) is 16.3. The Hall–Kier alpha value is -2.57. The van der Waals surface area contributed by atoms with Gasteiger partial charge in [-0.3, -0.25) is 9.59 Å². The molecule has 0 saturated carbocycles. The average molecular weight is 490 g/mol. The molecule has 0 aliphatic heterocycles. The van der Waals surface area contributed by atoms with Crippen molar-refractivity contribution < 1.29 is 19.1 Å². The highest BCUT2D eigenvalue weighted by Crippen LogP contribution is 2.25. The third-order valence-electron chi connectivity index (χ3n) is 5.70. The lowest BCUT2D eigenvalue weighted by molar-refractivity contribution is -0.143. The van der Waals surface area contributed by atoms with Crippen molar-refractivity contribution in [1.82, 2.24) is 15.5 Å². The van der Waals surface area contributed by atoms with E-state index in [1.54, 1.807) is 25.7 Å². The summed E-state index contributed by atoms with van der Waals surface area (Å²) in [5.41, 5.74) is 1.14. The van der Waals surface area contributed by atoms with Gasteiger partial charge in [-0.25, -0.2) is 4.79 Å². The van der Waals surface area contributed by atoms with Gasteiger partial charge in [0, 0.05) is 12.6 Å². The molecule has 0 aliphatic rings. The first-order valence-corrected chi connectivity index (χ1v) is 13.0. The predicted molar refractivity (Wildman–Crippen MR) is 141 cm³/mol. The minimum absolute atomic E-state index is 0.00985. The number of alkyl carbamates (subject to hydrolysis) is 1. The van der Waals surface area contributed by atoms with Crippen LogP contribution in [-0.4, -0.2) is 47.0 Å². The van der Waals surface area contributed by atoms with E-state index >= 15 is 0 Å². The fraction of sp³-hybridized carbons (Fsp3) is 0.679. The number of aryl methyl sites for hydroxylation is 1. The van der Waals surface area contributed by atoms with Crippen LogP contribution >= 0.6 is 0 Å². The van der Waals surface area contributed by atoms with Crippen LogP contribution in [0.1, 0.15) is 98.2 Å². The zero-order valence-corrected chi connectivity index (χ0v) is 23.2. The van der Waals surface area contributed by atoms with Crippen molar-refractivity contribution in [2.24, 2.45) is 5.92 Å². The van der Waals surface area contributed by atoms with Gasteiger partial charge < -0.3 is 20.3 Å². The molecule has 0 fully saturated rings. The molecule has 1 aromatic rings. The average Bonchev–Trinajstić information content (AvgIpc) is 2.74. The fourth-order valence-electron chi connectivity index (χ4n) is 3.87. The van der Waals surface area contributed by atoms with Gasteiger partial charge in [0.15, 0.2) is 0 Å². The lowest BCUT2D eigenvalue weighted by Crippen LogP contribution is -2.55. The molecule has 7 nitrogen and oxygen atoms in total.